The first-order valence-electron chi connectivity index (χ1n) is 5.74. The lowest BCUT2D eigenvalue weighted by Crippen LogP contribution is -2.25. The Morgan fingerprint density at radius 1 is 1.44 bits per heavy atom. The summed E-state index contributed by atoms with van der Waals surface area (Å²) in [5.41, 5.74) is 5.85. The zero-order chi connectivity index (χ0) is 12.8. The van der Waals surface area contributed by atoms with Crippen LogP contribution in [0.2, 0.25) is 0 Å². The van der Waals surface area contributed by atoms with Crippen LogP contribution in [0.15, 0.2) is 30.6 Å². The highest BCUT2D eigenvalue weighted by Crippen LogP contribution is 2.00. The molecule has 0 spiro atoms. The fourth-order valence-corrected chi connectivity index (χ4v) is 1.56. The number of rotatable bonds is 5. The van der Waals surface area contributed by atoms with Gasteiger partial charge in [-0.1, -0.05) is 6.07 Å². The Morgan fingerprint density at radius 2 is 2.33 bits per heavy atom. The summed E-state index contributed by atoms with van der Waals surface area (Å²) in [6.07, 6.45) is 5.12. The Kier molecular flexibility index (Phi) is 3.90. The predicted octanol–water partition coefficient (Wildman–Crippen LogP) is 0.749. The van der Waals surface area contributed by atoms with Crippen molar-refractivity contribution in [2.45, 2.75) is 12.8 Å². The van der Waals surface area contributed by atoms with Gasteiger partial charge in [0.25, 0.3) is 5.91 Å². The molecule has 0 atom stereocenters. The lowest BCUT2D eigenvalue weighted by Gasteiger charge is -2.04. The Morgan fingerprint density at radius 3 is 3.06 bits per heavy atom. The molecule has 4 N–H and O–H groups in total. The van der Waals surface area contributed by atoms with E-state index >= 15 is 0 Å². The van der Waals surface area contributed by atoms with Gasteiger partial charge in [0, 0.05) is 25.4 Å². The normalized spacial score (nSPS) is 10.2. The number of carbonyl (C=O) groups excluding carboxylic acids is 1. The Balaban J connectivity index is 1.75. The van der Waals surface area contributed by atoms with Crippen LogP contribution in [0.25, 0.3) is 0 Å². The van der Waals surface area contributed by atoms with Crippen molar-refractivity contribution < 1.29 is 4.79 Å². The number of carbonyl (C=O) groups is 1. The van der Waals surface area contributed by atoms with Crippen molar-refractivity contribution in [3.63, 3.8) is 0 Å². The van der Waals surface area contributed by atoms with Crippen LogP contribution in [-0.2, 0) is 6.42 Å². The minimum Gasteiger partial charge on any atom is -0.384 e. The van der Waals surface area contributed by atoms with E-state index in [0.717, 1.165) is 18.7 Å². The summed E-state index contributed by atoms with van der Waals surface area (Å²) in [4.78, 5) is 22.8. The van der Waals surface area contributed by atoms with E-state index in [4.69, 9.17) is 5.73 Å². The van der Waals surface area contributed by atoms with Gasteiger partial charge >= 0.3 is 0 Å². The van der Waals surface area contributed by atoms with Crippen LogP contribution in [0, 0.1) is 0 Å². The van der Waals surface area contributed by atoms with Gasteiger partial charge in [-0.3, -0.25) is 4.79 Å². The number of H-pyrrole nitrogens is 1. The van der Waals surface area contributed by atoms with E-state index < -0.39 is 0 Å². The van der Waals surface area contributed by atoms with Gasteiger partial charge in [-0.05, 0) is 18.6 Å². The van der Waals surface area contributed by atoms with Gasteiger partial charge in [-0.2, -0.15) is 0 Å². The molecular formula is C12H15N5O. The number of aryl methyl sites for hydroxylation is 1. The molecular weight excluding hydrogens is 230 g/mol. The van der Waals surface area contributed by atoms with Crippen molar-refractivity contribution in [1.29, 1.82) is 0 Å². The van der Waals surface area contributed by atoms with E-state index in [-0.39, 0.29) is 5.91 Å². The number of imidazole rings is 1. The maximum Gasteiger partial charge on any atom is 0.269 e. The first-order chi connectivity index (χ1) is 8.75. The molecule has 94 valence electrons. The second kappa shape index (κ2) is 5.81. The summed E-state index contributed by atoms with van der Waals surface area (Å²) in [7, 11) is 0. The molecule has 0 radical (unpaired) electrons. The third kappa shape index (κ3) is 3.31. The number of amides is 1. The Hall–Kier alpha value is -2.37. The van der Waals surface area contributed by atoms with Crippen molar-refractivity contribution in [2.24, 2.45) is 0 Å². The number of hydrogen-bond acceptors (Lipinski definition) is 4. The van der Waals surface area contributed by atoms with Crippen molar-refractivity contribution >= 4 is 11.7 Å². The van der Waals surface area contributed by atoms with Crippen molar-refractivity contribution in [3.8, 4) is 0 Å². The van der Waals surface area contributed by atoms with Gasteiger partial charge < -0.3 is 16.0 Å². The van der Waals surface area contributed by atoms with Gasteiger partial charge in [-0.15, -0.1) is 0 Å². The molecule has 0 saturated heterocycles. The second-order valence-electron chi connectivity index (χ2n) is 3.84. The van der Waals surface area contributed by atoms with Crippen molar-refractivity contribution in [3.05, 3.63) is 42.1 Å². The summed E-state index contributed by atoms with van der Waals surface area (Å²) < 4.78 is 0. The van der Waals surface area contributed by atoms with Crippen LogP contribution in [-0.4, -0.2) is 27.4 Å². The molecule has 6 heteroatoms. The van der Waals surface area contributed by atoms with E-state index in [1.165, 1.54) is 0 Å². The smallest absolute Gasteiger partial charge is 0.269 e. The van der Waals surface area contributed by atoms with E-state index in [0.29, 0.717) is 18.1 Å². The molecule has 1 amide bonds. The van der Waals surface area contributed by atoms with Crippen molar-refractivity contribution in [2.75, 3.05) is 12.3 Å². The van der Waals surface area contributed by atoms with Crippen LogP contribution in [0.5, 0.6) is 0 Å². The highest BCUT2D eigenvalue weighted by molar-refractivity contribution is 5.92. The fourth-order valence-electron chi connectivity index (χ4n) is 1.56. The molecule has 2 aromatic rings. The van der Waals surface area contributed by atoms with Crippen LogP contribution in [0.4, 0.5) is 5.82 Å². The summed E-state index contributed by atoms with van der Waals surface area (Å²) >= 11 is 0. The number of aromatic amines is 1. The lowest BCUT2D eigenvalue weighted by atomic mass is 10.3. The van der Waals surface area contributed by atoms with Gasteiger partial charge in [-0.25, -0.2) is 9.97 Å². The minimum absolute atomic E-state index is 0.207. The van der Waals surface area contributed by atoms with Crippen LogP contribution < -0.4 is 11.1 Å². The molecule has 6 nitrogen and oxygen atoms in total. The van der Waals surface area contributed by atoms with Crippen LogP contribution >= 0.6 is 0 Å². The predicted molar refractivity (Wildman–Crippen MR) is 67.9 cm³/mol. The average molecular weight is 245 g/mol. The number of nitrogens with two attached hydrogens (primary N) is 1. The van der Waals surface area contributed by atoms with E-state index in [1.54, 1.807) is 30.6 Å². The van der Waals surface area contributed by atoms with Crippen molar-refractivity contribution in [1.82, 2.24) is 20.3 Å². The molecule has 2 heterocycles. The van der Waals surface area contributed by atoms with Gasteiger partial charge in [0.1, 0.15) is 17.3 Å². The Labute approximate surface area is 105 Å². The van der Waals surface area contributed by atoms with E-state index in [9.17, 15) is 4.79 Å². The van der Waals surface area contributed by atoms with Gasteiger partial charge in [0.15, 0.2) is 0 Å². The Bertz CT molecular complexity index is 509. The molecule has 0 aliphatic heterocycles. The van der Waals surface area contributed by atoms with Crippen LogP contribution in [0.3, 0.4) is 0 Å². The number of nitrogens with one attached hydrogen (secondary N) is 2. The number of nitrogens with zero attached hydrogens (tertiary/aromatic N) is 2. The van der Waals surface area contributed by atoms with Gasteiger partial charge in [0.05, 0.1) is 0 Å². The zero-order valence-electron chi connectivity index (χ0n) is 9.89. The lowest BCUT2D eigenvalue weighted by molar-refractivity contribution is 0.0948. The third-order valence-electron chi connectivity index (χ3n) is 2.43. The highest BCUT2D eigenvalue weighted by atomic mass is 16.1. The SMILES string of the molecule is Nc1cccc(C(=O)NCCCc2ncc[nH]2)n1. The van der Waals surface area contributed by atoms with Crippen LogP contribution in [0.1, 0.15) is 22.7 Å². The summed E-state index contributed by atoms with van der Waals surface area (Å²) in [6, 6.07) is 4.99. The first-order valence-corrected chi connectivity index (χ1v) is 5.74. The molecule has 0 fully saturated rings. The molecule has 0 unspecified atom stereocenters. The summed E-state index contributed by atoms with van der Waals surface area (Å²) in [6.45, 7) is 0.579. The molecule has 18 heavy (non-hydrogen) atoms. The number of nitrogen functional groups attached to an aromatic ring is 1. The van der Waals surface area contributed by atoms with E-state index in [1.807, 2.05) is 0 Å². The molecule has 0 aliphatic carbocycles. The average Bonchev–Trinajstić information content (AvgIpc) is 2.87. The number of hydrogen-bond donors (Lipinski definition) is 3. The standard InChI is InChI=1S/C12H15N5O/c13-10-4-1-3-9(17-10)12(18)16-6-2-5-11-14-7-8-15-11/h1,3-4,7-8H,2,5-6H2,(H2,13,17)(H,14,15)(H,16,18). The van der Waals surface area contributed by atoms with E-state index in [2.05, 4.69) is 20.3 Å². The largest absolute Gasteiger partial charge is 0.384 e. The summed E-state index contributed by atoms with van der Waals surface area (Å²) in [5.74, 6) is 1.06. The number of anilines is 1. The highest BCUT2D eigenvalue weighted by Gasteiger charge is 2.06. The maximum atomic E-state index is 11.7. The maximum absolute atomic E-state index is 11.7. The quantitative estimate of drug-likeness (QED) is 0.677. The molecule has 0 bridgehead atoms. The summed E-state index contributed by atoms with van der Waals surface area (Å²) in [5, 5.41) is 2.79. The minimum atomic E-state index is -0.207. The van der Waals surface area contributed by atoms with Gasteiger partial charge in [0.2, 0.25) is 0 Å². The molecule has 0 aliphatic rings. The molecule has 0 saturated carbocycles. The number of aromatic nitrogens is 3. The molecule has 0 aromatic carbocycles. The number of pyridine rings is 1. The third-order valence-corrected chi connectivity index (χ3v) is 2.43. The zero-order valence-corrected chi connectivity index (χ0v) is 9.89. The molecule has 2 aromatic heterocycles. The fraction of sp³-hybridized carbons (Fsp3) is 0.250. The first kappa shape index (κ1) is 12.1. The monoisotopic (exact) mass is 245 g/mol. The molecule has 2 rings (SSSR count). The second-order valence-corrected chi connectivity index (χ2v) is 3.84. The topological polar surface area (TPSA) is 96.7 Å².